The molecule has 0 amide bonds. The second kappa shape index (κ2) is 7.42. The monoisotopic (exact) mass is 329 g/mol. The highest BCUT2D eigenvalue weighted by Crippen LogP contribution is 2.22. The van der Waals surface area contributed by atoms with Crippen LogP contribution in [-0.2, 0) is 0 Å². The van der Waals surface area contributed by atoms with E-state index in [0.29, 0.717) is 5.11 Å². The number of anilines is 3. The Morgan fingerprint density at radius 1 is 0.826 bits per heavy atom. The van der Waals surface area contributed by atoms with Crippen LogP contribution in [0.2, 0.25) is 0 Å². The topological polar surface area (TPSA) is 27.3 Å². The SMILES string of the molecule is Fc1ccc(NC(=S)Nc2ccc(N3CCCCC3)cc2)cc1. The molecule has 1 aliphatic rings. The summed E-state index contributed by atoms with van der Waals surface area (Å²) in [5, 5.41) is 6.67. The molecule has 0 aromatic heterocycles. The molecule has 1 aliphatic heterocycles. The zero-order valence-corrected chi connectivity index (χ0v) is 13.7. The normalized spacial score (nSPS) is 14.4. The third kappa shape index (κ3) is 4.42. The average Bonchev–Trinajstić information content (AvgIpc) is 2.58. The van der Waals surface area contributed by atoms with Gasteiger partial charge in [-0.1, -0.05) is 0 Å². The lowest BCUT2D eigenvalue weighted by atomic mass is 10.1. The fourth-order valence-electron chi connectivity index (χ4n) is 2.73. The van der Waals surface area contributed by atoms with E-state index in [1.54, 1.807) is 12.1 Å². The first-order valence-corrected chi connectivity index (χ1v) is 8.30. The van der Waals surface area contributed by atoms with E-state index in [-0.39, 0.29) is 5.82 Å². The summed E-state index contributed by atoms with van der Waals surface area (Å²) in [5.74, 6) is -0.261. The molecule has 120 valence electrons. The first-order valence-electron chi connectivity index (χ1n) is 7.89. The van der Waals surface area contributed by atoms with Crippen LogP contribution in [0.3, 0.4) is 0 Å². The molecule has 0 bridgehead atoms. The van der Waals surface area contributed by atoms with E-state index in [2.05, 4.69) is 27.7 Å². The lowest BCUT2D eigenvalue weighted by Gasteiger charge is -2.28. The fraction of sp³-hybridized carbons (Fsp3) is 0.278. The lowest BCUT2D eigenvalue weighted by Crippen LogP contribution is -2.29. The number of nitrogens with zero attached hydrogens (tertiary/aromatic N) is 1. The van der Waals surface area contributed by atoms with Gasteiger partial charge in [0, 0.05) is 30.2 Å². The molecule has 3 nitrogen and oxygen atoms in total. The van der Waals surface area contributed by atoms with Crippen molar-refractivity contribution in [2.45, 2.75) is 19.3 Å². The molecule has 5 heteroatoms. The predicted octanol–water partition coefficient (Wildman–Crippen LogP) is 4.62. The molecule has 2 N–H and O–H groups in total. The average molecular weight is 329 g/mol. The Bertz CT molecular complexity index is 649. The van der Waals surface area contributed by atoms with E-state index in [1.165, 1.54) is 37.1 Å². The largest absolute Gasteiger partial charge is 0.372 e. The maximum absolute atomic E-state index is 12.9. The Labute approximate surface area is 141 Å². The van der Waals surface area contributed by atoms with Crippen LogP contribution >= 0.6 is 12.2 Å². The Hall–Kier alpha value is -2.14. The van der Waals surface area contributed by atoms with Crippen LogP contribution < -0.4 is 15.5 Å². The van der Waals surface area contributed by atoms with Gasteiger partial charge < -0.3 is 15.5 Å². The maximum atomic E-state index is 12.9. The minimum atomic E-state index is -0.261. The predicted molar refractivity (Wildman–Crippen MR) is 98.7 cm³/mol. The van der Waals surface area contributed by atoms with Crippen LogP contribution in [0.1, 0.15) is 19.3 Å². The van der Waals surface area contributed by atoms with Crippen molar-refractivity contribution >= 4 is 34.4 Å². The number of benzene rings is 2. The van der Waals surface area contributed by atoms with Gasteiger partial charge in [-0.05, 0) is 80.0 Å². The third-order valence-corrected chi connectivity index (χ3v) is 4.15. The molecular formula is C18H20FN3S. The molecule has 1 fully saturated rings. The van der Waals surface area contributed by atoms with Crippen molar-refractivity contribution in [2.75, 3.05) is 28.6 Å². The van der Waals surface area contributed by atoms with E-state index < -0.39 is 0 Å². The quantitative estimate of drug-likeness (QED) is 0.803. The molecule has 0 unspecified atom stereocenters. The molecule has 2 aromatic rings. The standard InChI is InChI=1S/C18H20FN3S/c19-14-4-6-15(7-5-14)20-18(23)21-16-8-10-17(11-9-16)22-12-2-1-3-13-22/h4-11H,1-3,12-13H2,(H2,20,21,23). The minimum Gasteiger partial charge on any atom is -0.372 e. The molecule has 1 heterocycles. The Kier molecular flexibility index (Phi) is 5.08. The van der Waals surface area contributed by atoms with Gasteiger partial charge in [-0.25, -0.2) is 4.39 Å². The maximum Gasteiger partial charge on any atom is 0.175 e. The molecule has 0 radical (unpaired) electrons. The van der Waals surface area contributed by atoms with Crippen LogP contribution in [-0.4, -0.2) is 18.2 Å². The van der Waals surface area contributed by atoms with Crippen LogP contribution in [0, 0.1) is 5.82 Å². The van der Waals surface area contributed by atoms with Crippen molar-refractivity contribution in [3.8, 4) is 0 Å². The molecule has 0 spiro atoms. The third-order valence-electron chi connectivity index (χ3n) is 3.95. The number of hydrogen-bond donors (Lipinski definition) is 2. The Morgan fingerprint density at radius 3 is 1.91 bits per heavy atom. The number of nitrogens with one attached hydrogen (secondary N) is 2. The van der Waals surface area contributed by atoms with Crippen molar-refractivity contribution in [1.29, 1.82) is 0 Å². The van der Waals surface area contributed by atoms with Gasteiger partial charge in [0.05, 0.1) is 0 Å². The number of rotatable bonds is 3. The van der Waals surface area contributed by atoms with Gasteiger partial charge in [-0.15, -0.1) is 0 Å². The van der Waals surface area contributed by atoms with E-state index >= 15 is 0 Å². The second-order valence-electron chi connectivity index (χ2n) is 5.68. The number of thiocarbonyl (C=S) groups is 1. The molecule has 0 saturated carbocycles. The van der Waals surface area contributed by atoms with Crippen LogP contribution in [0.15, 0.2) is 48.5 Å². The van der Waals surface area contributed by atoms with Gasteiger partial charge in [0.25, 0.3) is 0 Å². The van der Waals surface area contributed by atoms with Gasteiger partial charge in [0.15, 0.2) is 5.11 Å². The zero-order chi connectivity index (χ0) is 16.1. The Morgan fingerprint density at radius 2 is 1.35 bits per heavy atom. The van der Waals surface area contributed by atoms with Gasteiger partial charge >= 0.3 is 0 Å². The summed E-state index contributed by atoms with van der Waals surface area (Å²) in [4.78, 5) is 2.42. The van der Waals surface area contributed by atoms with E-state index in [0.717, 1.165) is 24.5 Å². The van der Waals surface area contributed by atoms with Crippen LogP contribution in [0.25, 0.3) is 0 Å². The van der Waals surface area contributed by atoms with Gasteiger partial charge in [-0.3, -0.25) is 0 Å². The van der Waals surface area contributed by atoms with E-state index in [9.17, 15) is 4.39 Å². The van der Waals surface area contributed by atoms with E-state index in [4.69, 9.17) is 12.2 Å². The highest BCUT2D eigenvalue weighted by molar-refractivity contribution is 7.80. The highest BCUT2D eigenvalue weighted by Gasteiger charge is 2.10. The molecular weight excluding hydrogens is 309 g/mol. The fourth-order valence-corrected chi connectivity index (χ4v) is 2.97. The number of piperidine rings is 1. The highest BCUT2D eigenvalue weighted by atomic mass is 32.1. The molecule has 3 rings (SSSR count). The van der Waals surface area contributed by atoms with Crippen molar-refractivity contribution in [2.24, 2.45) is 0 Å². The molecule has 23 heavy (non-hydrogen) atoms. The van der Waals surface area contributed by atoms with Gasteiger partial charge in [0.2, 0.25) is 0 Å². The molecule has 2 aromatic carbocycles. The number of halogens is 1. The second-order valence-corrected chi connectivity index (χ2v) is 6.09. The summed E-state index contributed by atoms with van der Waals surface area (Å²) in [7, 11) is 0. The van der Waals surface area contributed by atoms with Gasteiger partial charge in [0.1, 0.15) is 5.82 Å². The lowest BCUT2D eigenvalue weighted by molar-refractivity contribution is 0.578. The van der Waals surface area contributed by atoms with Gasteiger partial charge in [-0.2, -0.15) is 0 Å². The zero-order valence-electron chi connectivity index (χ0n) is 12.9. The summed E-state index contributed by atoms with van der Waals surface area (Å²) in [5.41, 5.74) is 2.95. The van der Waals surface area contributed by atoms with Crippen molar-refractivity contribution < 1.29 is 4.39 Å². The minimum absolute atomic E-state index is 0.261. The first kappa shape index (κ1) is 15.7. The summed E-state index contributed by atoms with van der Waals surface area (Å²) in [6.07, 6.45) is 3.87. The molecule has 0 atom stereocenters. The summed E-state index contributed by atoms with van der Waals surface area (Å²) < 4.78 is 12.9. The van der Waals surface area contributed by atoms with Crippen LogP contribution in [0.4, 0.5) is 21.5 Å². The smallest absolute Gasteiger partial charge is 0.175 e. The van der Waals surface area contributed by atoms with Crippen molar-refractivity contribution in [3.63, 3.8) is 0 Å². The number of hydrogen-bond acceptors (Lipinski definition) is 2. The van der Waals surface area contributed by atoms with Crippen LogP contribution in [0.5, 0.6) is 0 Å². The molecule has 0 aliphatic carbocycles. The first-order chi connectivity index (χ1) is 11.2. The van der Waals surface area contributed by atoms with Crippen molar-refractivity contribution in [1.82, 2.24) is 0 Å². The van der Waals surface area contributed by atoms with Crippen molar-refractivity contribution in [3.05, 3.63) is 54.3 Å². The summed E-state index contributed by atoms with van der Waals surface area (Å²) in [6.45, 7) is 2.27. The van der Waals surface area contributed by atoms with E-state index in [1.807, 2.05) is 12.1 Å². The molecule has 1 saturated heterocycles. The Balaban J connectivity index is 1.57. The summed E-state index contributed by atoms with van der Waals surface area (Å²) in [6, 6.07) is 14.4. The summed E-state index contributed by atoms with van der Waals surface area (Å²) >= 11 is 5.28.